The van der Waals surface area contributed by atoms with Gasteiger partial charge in [0.2, 0.25) is 0 Å². The zero-order chi connectivity index (χ0) is 10.6. The zero-order valence-electron chi connectivity index (χ0n) is 7.42. The number of allylic oxidation sites excluding steroid dienone is 1. The summed E-state index contributed by atoms with van der Waals surface area (Å²) in [6, 6.07) is 5.70. The third-order valence-corrected chi connectivity index (χ3v) is 1.92. The van der Waals surface area contributed by atoms with Gasteiger partial charge >= 0.3 is 0 Å². The molecule has 0 spiro atoms. The summed E-state index contributed by atoms with van der Waals surface area (Å²) in [7, 11) is 1.45. The van der Waals surface area contributed by atoms with Gasteiger partial charge < -0.3 is 4.74 Å². The molecule has 0 aromatic heterocycles. The summed E-state index contributed by atoms with van der Waals surface area (Å²) in [5, 5.41) is 8.54. The lowest BCUT2D eigenvalue weighted by molar-refractivity contribution is 0.412. The van der Waals surface area contributed by atoms with Crippen LogP contribution in [0.1, 0.15) is 5.56 Å². The largest absolute Gasteiger partial charge is 0.496 e. The van der Waals surface area contributed by atoms with Gasteiger partial charge in [0.25, 0.3) is 0 Å². The van der Waals surface area contributed by atoms with Gasteiger partial charge in [-0.1, -0.05) is 11.6 Å². The average Bonchev–Trinajstić information content (AvgIpc) is 2.18. The monoisotopic (exact) mass is 211 g/mol. The molecule has 0 bridgehead atoms. The second kappa shape index (κ2) is 4.64. The number of halogens is 2. The normalized spacial score (nSPS) is 10.9. The summed E-state index contributed by atoms with van der Waals surface area (Å²) in [5.74, 6) is 0.00758. The Bertz CT molecular complexity index is 409. The minimum Gasteiger partial charge on any atom is -0.496 e. The number of hydrogen-bond donors (Lipinski definition) is 0. The molecule has 0 N–H and O–H groups in total. The van der Waals surface area contributed by atoms with E-state index in [1.807, 2.05) is 0 Å². The Morgan fingerprint density at radius 3 is 2.93 bits per heavy atom. The minimum atomic E-state index is -0.426. The first kappa shape index (κ1) is 10.6. The molecule has 0 atom stereocenters. The van der Waals surface area contributed by atoms with Crippen molar-refractivity contribution in [3.63, 3.8) is 0 Å². The molecule has 0 aliphatic heterocycles. The summed E-state index contributed by atoms with van der Waals surface area (Å²) in [6.45, 7) is 0. The smallest absolute Gasteiger partial charge is 0.127 e. The molecule has 72 valence electrons. The summed E-state index contributed by atoms with van der Waals surface area (Å²) in [4.78, 5) is 0. The molecule has 0 saturated carbocycles. The standard InChI is InChI=1S/C10H7ClFNO/c1-14-10-3-2-7(12)6-8(10)9(11)4-5-13/h2-4,6H,1H3. The van der Waals surface area contributed by atoms with E-state index in [9.17, 15) is 4.39 Å². The number of benzene rings is 1. The molecule has 0 heterocycles. The molecule has 1 aromatic carbocycles. The Morgan fingerprint density at radius 2 is 2.36 bits per heavy atom. The van der Waals surface area contributed by atoms with Crippen molar-refractivity contribution in [3.05, 3.63) is 35.7 Å². The fourth-order valence-electron chi connectivity index (χ4n) is 1.00. The lowest BCUT2D eigenvalue weighted by Crippen LogP contribution is -1.89. The molecular formula is C10H7ClFNO. The maximum absolute atomic E-state index is 12.9. The second-order valence-corrected chi connectivity index (χ2v) is 2.87. The molecule has 14 heavy (non-hydrogen) atoms. The molecule has 0 fully saturated rings. The number of methoxy groups -OCH3 is 1. The number of nitriles is 1. The van der Waals surface area contributed by atoms with Gasteiger partial charge in [0.05, 0.1) is 18.2 Å². The van der Waals surface area contributed by atoms with Crippen LogP contribution >= 0.6 is 11.6 Å². The summed E-state index contributed by atoms with van der Waals surface area (Å²) in [6.07, 6.45) is 1.12. The minimum absolute atomic E-state index is 0.156. The molecule has 2 nitrogen and oxygen atoms in total. The van der Waals surface area contributed by atoms with Crippen molar-refractivity contribution < 1.29 is 9.13 Å². The third-order valence-electron chi connectivity index (χ3n) is 1.61. The third kappa shape index (κ3) is 2.24. The van der Waals surface area contributed by atoms with Crippen molar-refractivity contribution in [2.45, 2.75) is 0 Å². The van der Waals surface area contributed by atoms with Crippen LogP contribution in [0.25, 0.3) is 5.03 Å². The molecule has 0 aliphatic carbocycles. The van der Waals surface area contributed by atoms with Gasteiger partial charge in [-0.3, -0.25) is 0 Å². The van der Waals surface area contributed by atoms with Crippen LogP contribution in [0.15, 0.2) is 24.3 Å². The van der Waals surface area contributed by atoms with Crippen molar-refractivity contribution in [1.29, 1.82) is 5.26 Å². The van der Waals surface area contributed by atoms with Crippen LogP contribution in [0.5, 0.6) is 5.75 Å². The summed E-state index contributed by atoms with van der Waals surface area (Å²) < 4.78 is 17.8. The van der Waals surface area contributed by atoms with Crippen LogP contribution in [0.2, 0.25) is 0 Å². The maximum Gasteiger partial charge on any atom is 0.127 e. The fraction of sp³-hybridized carbons (Fsp3) is 0.100. The predicted molar refractivity (Wildman–Crippen MR) is 52.4 cm³/mol. The molecule has 0 radical (unpaired) electrons. The number of hydrogen-bond acceptors (Lipinski definition) is 2. The number of nitrogens with zero attached hydrogens (tertiary/aromatic N) is 1. The Balaban J connectivity index is 3.25. The highest BCUT2D eigenvalue weighted by atomic mass is 35.5. The van der Waals surface area contributed by atoms with E-state index in [1.54, 1.807) is 6.07 Å². The number of ether oxygens (including phenoxy) is 1. The zero-order valence-corrected chi connectivity index (χ0v) is 8.18. The van der Waals surface area contributed by atoms with Crippen molar-refractivity contribution in [2.75, 3.05) is 7.11 Å². The Hall–Kier alpha value is -1.53. The van der Waals surface area contributed by atoms with E-state index < -0.39 is 5.82 Å². The van der Waals surface area contributed by atoms with E-state index in [4.69, 9.17) is 21.6 Å². The van der Waals surface area contributed by atoms with Crippen molar-refractivity contribution in [2.24, 2.45) is 0 Å². The van der Waals surface area contributed by atoms with E-state index in [0.29, 0.717) is 11.3 Å². The van der Waals surface area contributed by atoms with Crippen LogP contribution in [-0.2, 0) is 0 Å². The van der Waals surface area contributed by atoms with E-state index in [1.165, 1.54) is 25.3 Å². The van der Waals surface area contributed by atoms with E-state index >= 15 is 0 Å². The number of rotatable bonds is 2. The van der Waals surface area contributed by atoms with E-state index in [0.717, 1.165) is 6.08 Å². The van der Waals surface area contributed by atoms with Gasteiger partial charge in [-0.2, -0.15) is 5.26 Å². The predicted octanol–water partition coefficient (Wildman–Crippen LogP) is 2.94. The highest BCUT2D eigenvalue weighted by Crippen LogP contribution is 2.29. The molecular weight excluding hydrogens is 205 g/mol. The van der Waals surface area contributed by atoms with Crippen molar-refractivity contribution in [3.8, 4) is 11.8 Å². The summed E-state index contributed by atoms with van der Waals surface area (Å²) >= 11 is 5.75. The Morgan fingerprint density at radius 1 is 1.64 bits per heavy atom. The van der Waals surface area contributed by atoms with Gasteiger partial charge in [-0.25, -0.2) is 4.39 Å². The maximum atomic E-state index is 12.9. The lowest BCUT2D eigenvalue weighted by atomic mass is 10.2. The fourth-order valence-corrected chi connectivity index (χ4v) is 1.20. The van der Waals surface area contributed by atoms with Crippen LogP contribution in [0.3, 0.4) is 0 Å². The first-order valence-electron chi connectivity index (χ1n) is 3.78. The summed E-state index contributed by atoms with van der Waals surface area (Å²) in [5.41, 5.74) is 0.371. The van der Waals surface area contributed by atoms with Crippen LogP contribution < -0.4 is 4.74 Å². The van der Waals surface area contributed by atoms with Crippen molar-refractivity contribution >= 4 is 16.6 Å². The molecule has 0 aliphatic rings. The molecule has 0 saturated heterocycles. The Labute approximate surface area is 86.2 Å². The van der Waals surface area contributed by atoms with Crippen LogP contribution in [0, 0.1) is 17.1 Å². The topological polar surface area (TPSA) is 33.0 Å². The lowest BCUT2D eigenvalue weighted by Gasteiger charge is -2.06. The highest BCUT2D eigenvalue weighted by molar-refractivity contribution is 6.49. The van der Waals surface area contributed by atoms with Gasteiger partial charge in [0.15, 0.2) is 0 Å². The quantitative estimate of drug-likeness (QED) is 0.705. The van der Waals surface area contributed by atoms with E-state index in [2.05, 4.69) is 0 Å². The molecule has 0 unspecified atom stereocenters. The van der Waals surface area contributed by atoms with Gasteiger partial charge in [0, 0.05) is 11.6 Å². The van der Waals surface area contributed by atoms with Crippen LogP contribution in [-0.4, -0.2) is 7.11 Å². The molecule has 1 aromatic rings. The molecule has 0 amide bonds. The highest BCUT2D eigenvalue weighted by Gasteiger charge is 2.07. The van der Waals surface area contributed by atoms with E-state index in [-0.39, 0.29) is 5.03 Å². The van der Waals surface area contributed by atoms with Crippen LogP contribution in [0.4, 0.5) is 4.39 Å². The first-order valence-corrected chi connectivity index (χ1v) is 4.16. The average molecular weight is 212 g/mol. The van der Waals surface area contributed by atoms with Gasteiger partial charge in [-0.05, 0) is 18.2 Å². The van der Waals surface area contributed by atoms with Crippen molar-refractivity contribution in [1.82, 2.24) is 0 Å². The second-order valence-electron chi connectivity index (χ2n) is 2.47. The Kier molecular flexibility index (Phi) is 3.49. The van der Waals surface area contributed by atoms with Gasteiger partial charge in [0.1, 0.15) is 11.6 Å². The molecule has 1 rings (SSSR count). The molecule has 4 heteroatoms. The SMILES string of the molecule is COc1ccc(F)cc1C(Cl)=CC#N. The first-order chi connectivity index (χ1) is 6.69. The van der Waals surface area contributed by atoms with Gasteiger partial charge in [-0.15, -0.1) is 0 Å².